The van der Waals surface area contributed by atoms with Gasteiger partial charge in [0.1, 0.15) is 5.82 Å². The van der Waals surface area contributed by atoms with Gasteiger partial charge >= 0.3 is 5.69 Å². The second kappa shape index (κ2) is 4.59. The Kier molecular flexibility index (Phi) is 3.21. The minimum Gasteiger partial charge on any atom is -0.302 e. The summed E-state index contributed by atoms with van der Waals surface area (Å²) in [4.78, 5) is 26.6. The van der Waals surface area contributed by atoms with Crippen LogP contribution in [0.2, 0.25) is 0 Å². The number of hydrogen-bond donors (Lipinski definition) is 2. The van der Waals surface area contributed by atoms with Gasteiger partial charge in [0.05, 0.1) is 0 Å². The molecule has 0 bridgehead atoms. The molecule has 0 saturated carbocycles. The molecule has 2 N–H and O–H groups in total. The van der Waals surface area contributed by atoms with Gasteiger partial charge in [-0.3, -0.25) is 14.5 Å². The Morgan fingerprint density at radius 2 is 1.95 bits per heavy atom. The Bertz CT molecular complexity index is 875. The summed E-state index contributed by atoms with van der Waals surface area (Å²) < 4.78 is 28.0. The molecule has 0 aliphatic heterocycles. The van der Waals surface area contributed by atoms with Gasteiger partial charge in [0.2, 0.25) is 0 Å². The van der Waals surface area contributed by atoms with Gasteiger partial charge in [-0.15, -0.1) is 5.10 Å². The number of sulfonamides is 1. The molecule has 0 aromatic carbocycles. The summed E-state index contributed by atoms with van der Waals surface area (Å²) in [6, 6.07) is 0. The third-order valence-electron chi connectivity index (χ3n) is 2.53. The number of nitrogens with zero attached hydrogens (tertiary/aromatic N) is 4. The summed E-state index contributed by atoms with van der Waals surface area (Å²) in [7, 11) is -1.64. The Balaban J connectivity index is 2.56. The molecule has 0 unspecified atom stereocenters. The first-order valence-corrected chi connectivity index (χ1v) is 6.89. The van der Waals surface area contributed by atoms with E-state index in [1.165, 1.54) is 14.1 Å². The van der Waals surface area contributed by atoms with Crippen molar-refractivity contribution < 1.29 is 8.42 Å². The molecule has 2 aromatic heterocycles. The van der Waals surface area contributed by atoms with Crippen molar-refractivity contribution in [1.82, 2.24) is 24.3 Å². The molecule has 0 amide bonds. The summed E-state index contributed by atoms with van der Waals surface area (Å²) in [6.45, 7) is 1.59. The molecule has 0 saturated heterocycles. The van der Waals surface area contributed by atoms with E-state index in [1.807, 2.05) is 0 Å². The standard InChI is InChI=1S/C9H12N6O4S/c1-5-10-8(12-11-5)13-20(18,19)6-4-14(2)9(17)15(3)7(6)16/h4H,1-3H3,(H2,10,11,12,13). The third kappa shape index (κ3) is 2.34. The molecule has 0 aliphatic rings. The van der Waals surface area contributed by atoms with Crippen molar-refractivity contribution in [3.05, 3.63) is 32.9 Å². The van der Waals surface area contributed by atoms with Crippen LogP contribution in [0.4, 0.5) is 5.95 Å². The predicted octanol–water partition coefficient (Wildman–Crippen LogP) is -1.69. The molecule has 0 atom stereocenters. The monoisotopic (exact) mass is 300 g/mol. The summed E-state index contributed by atoms with van der Waals surface area (Å²) in [5.41, 5.74) is -1.55. The van der Waals surface area contributed by atoms with Crippen LogP contribution < -0.4 is 16.0 Å². The highest BCUT2D eigenvalue weighted by Gasteiger charge is 2.22. The zero-order valence-corrected chi connectivity index (χ0v) is 11.7. The van der Waals surface area contributed by atoms with Crippen LogP contribution in [0.15, 0.2) is 20.7 Å². The Morgan fingerprint density at radius 1 is 1.30 bits per heavy atom. The van der Waals surface area contributed by atoms with Crippen LogP contribution in [-0.2, 0) is 24.1 Å². The molecule has 0 aliphatic carbocycles. The first-order valence-electron chi connectivity index (χ1n) is 5.41. The van der Waals surface area contributed by atoms with Gasteiger partial charge in [0, 0.05) is 20.3 Å². The van der Waals surface area contributed by atoms with Gasteiger partial charge in [-0.05, 0) is 6.92 Å². The van der Waals surface area contributed by atoms with Crippen molar-refractivity contribution >= 4 is 16.0 Å². The van der Waals surface area contributed by atoms with Crippen LogP contribution in [-0.4, -0.2) is 32.7 Å². The second-order valence-corrected chi connectivity index (χ2v) is 5.75. The Labute approximate surface area is 113 Å². The van der Waals surface area contributed by atoms with E-state index in [0.29, 0.717) is 10.4 Å². The fourth-order valence-electron chi connectivity index (χ4n) is 1.52. The maximum atomic E-state index is 12.1. The van der Waals surface area contributed by atoms with Crippen molar-refractivity contribution in [2.24, 2.45) is 14.1 Å². The third-order valence-corrected chi connectivity index (χ3v) is 3.84. The lowest BCUT2D eigenvalue weighted by Crippen LogP contribution is -2.40. The van der Waals surface area contributed by atoms with Gasteiger partial charge in [0.25, 0.3) is 21.5 Å². The molecule has 20 heavy (non-hydrogen) atoms. The van der Waals surface area contributed by atoms with E-state index in [2.05, 4.69) is 19.9 Å². The number of nitrogens with one attached hydrogen (secondary N) is 2. The lowest BCUT2D eigenvalue weighted by atomic mass is 10.6. The largest absolute Gasteiger partial charge is 0.330 e. The summed E-state index contributed by atoms with van der Waals surface area (Å²) in [6.07, 6.45) is 0.951. The Morgan fingerprint density at radius 3 is 2.50 bits per heavy atom. The average molecular weight is 300 g/mol. The molecule has 2 aromatic rings. The van der Waals surface area contributed by atoms with Crippen LogP contribution in [0.1, 0.15) is 5.82 Å². The quantitative estimate of drug-likeness (QED) is 0.695. The molecule has 2 rings (SSSR count). The number of hydrogen-bond acceptors (Lipinski definition) is 6. The molecule has 10 nitrogen and oxygen atoms in total. The predicted molar refractivity (Wildman–Crippen MR) is 68.9 cm³/mol. The van der Waals surface area contributed by atoms with Gasteiger partial charge in [0.15, 0.2) is 4.90 Å². The van der Waals surface area contributed by atoms with E-state index in [4.69, 9.17) is 0 Å². The van der Waals surface area contributed by atoms with E-state index in [9.17, 15) is 18.0 Å². The van der Waals surface area contributed by atoms with Crippen molar-refractivity contribution in [1.29, 1.82) is 0 Å². The SMILES string of the molecule is Cc1nc(NS(=O)(=O)c2cn(C)c(=O)n(C)c2=O)n[nH]1. The highest BCUT2D eigenvalue weighted by Crippen LogP contribution is 2.07. The number of H-pyrrole nitrogens is 1. The lowest BCUT2D eigenvalue weighted by Gasteiger charge is -2.07. The van der Waals surface area contributed by atoms with E-state index in [-0.39, 0.29) is 5.95 Å². The minimum absolute atomic E-state index is 0.182. The number of aromatic nitrogens is 5. The van der Waals surface area contributed by atoms with Crippen molar-refractivity contribution in [2.45, 2.75) is 11.8 Å². The minimum atomic E-state index is -4.18. The molecule has 0 spiro atoms. The molecular formula is C9H12N6O4S. The zero-order chi connectivity index (χ0) is 15.1. The highest BCUT2D eigenvalue weighted by atomic mass is 32.2. The van der Waals surface area contributed by atoms with Crippen LogP contribution in [0.5, 0.6) is 0 Å². The maximum absolute atomic E-state index is 12.1. The molecule has 11 heteroatoms. The first-order chi connectivity index (χ1) is 9.22. The maximum Gasteiger partial charge on any atom is 0.330 e. The number of aromatic amines is 1. The van der Waals surface area contributed by atoms with Crippen molar-refractivity contribution in [3.8, 4) is 0 Å². The van der Waals surface area contributed by atoms with E-state index < -0.39 is 26.2 Å². The molecule has 0 radical (unpaired) electrons. The van der Waals surface area contributed by atoms with E-state index in [1.54, 1.807) is 6.92 Å². The highest BCUT2D eigenvalue weighted by molar-refractivity contribution is 7.92. The smallest absolute Gasteiger partial charge is 0.302 e. The van der Waals surface area contributed by atoms with Gasteiger partial charge in [-0.1, -0.05) is 0 Å². The number of aryl methyl sites for hydroxylation is 2. The van der Waals surface area contributed by atoms with Gasteiger partial charge < -0.3 is 4.57 Å². The molecule has 108 valence electrons. The van der Waals surface area contributed by atoms with Crippen LogP contribution in [0.3, 0.4) is 0 Å². The van der Waals surface area contributed by atoms with Crippen molar-refractivity contribution in [2.75, 3.05) is 4.72 Å². The van der Waals surface area contributed by atoms with E-state index >= 15 is 0 Å². The summed E-state index contributed by atoms with van der Waals surface area (Å²) in [5.74, 6) is 0.231. The first kappa shape index (κ1) is 14.0. The number of rotatable bonds is 3. The molecular weight excluding hydrogens is 288 g/mol. The van der Waals surface area contributed by atoms with Crippen LogP contribution in [0, 0.1) is 6.92 Å². The molecule has 2 heterocycles. The summed E-state index contributed by atoms with van der Waals surface area (Å²) >= 11 is 0. The van der Waals surface area contributed by atoms with Crippen molar-refractivity contribution in [3.63, 3.8) is 0 Å². The fourth-order valence-corrected chi connectivity index (χ4v) is 2.63. The summed E-state index contributed by atoms with van der Waals surface area (Å²) in [5, 5.41) is 6.08. The van der Waals surface area contributed by atoms with Gasteiger partial charge in [-0.25, -0.2) is 17.9 Å². The van der Waals surface area contributed by atoms with Gasteiger partial charge in [-0.2, -0.15) is 4.98 Å². The topological polar surface area (TPSA) is 132 Å². The second-order valence-electron chi connectivity index (χ2n) is 4.10. The van der Waals surface area contributed by atoms with E-state index in [0.717, 1.165) is 10.8 Å². The number of anilines is 1. The lowest BCUT2D eigenvalue weighted by molar-refractivity contribution is 0.589. The fraction of sp³-hybridized carbons (Fsp3) is 0.333. The normalized spacial score (nSPS) is 11.6. The van der Waals surface area contributed by atoms with Crippen LogP contribution >= 0.6 is 0 Å². The zero-order valence-electron chi connectivity index (χ0n) is 10.9. The average Bonchev–Trinajstić information content (AvgIpc) is 2.75. The van der Waals surface area contributed by atoms with Crippen LogP contribution in [0.25, 0.3) is 0 Å². The molecule has 0 fully saturated rings. The Hall–Kier alpha value is -2.43.